The highest BCUT2D eigenvalue weighted by Gasteiger charge is 2.32. The molecular weight excluding hydrogens is 284 g/mol. The molecule has 114 valence electrons. The van der Waals surface area contributed by atoms with Crippen molar-refractivity contribution >= 4 is 11.3 Å². The third kappa shape index (κ3) is 3.49. The molecule has 0 aromatic carbocycles. The Bertz CT molecular complexity index is 586. The summed E-state index contributed by atoms with van der Waals surface area (Å²) >= 11 is 1.65. The van der Waals surface area contributed by atoms with E-state index in [2.05, 4.69) is 15.1 Å². The fourth-order valence-electron chi connectivity index (χ4n) is 3.16. The first-order valence-electron chi connectivity index (χ1n) is 7.62. The summed E-state index contributed by atoms with van der Waals surface area (Å²) in [6.45, 7) is 2.71. The van der Waals surface area contributed by atoms with Gasteiger partial charge in [0.1, 0.15) is 0 Å². The first-order valence-corrected chi connectivity index (χ1v) is 8.50. The Hall–Kier alpha value is -1.27. The van der Waals surface area contributed by atoms with Crippen molar-refractivity contribution in [1.82, 2.24) is 15.1 Å². The van der Waals surface area contributed by atoms with Crippen LogP contribution in [0.1, 0.15) is 54.5 Å². The number of aromatic nitrogens is 3. The van der Waals surface area contributed by atoms with Crippen molar-refractivity contribution in [3.05, 3.63) is 27.8 Å². The summed E-state index contributed by atoms with van der Waals surface area (Å²) in [5.41, 5.74) is 7.20. The smallest absolute Gasteiger partial charge is 0.227 e. The lowest BCUT2D eigenvalue weighted by molar-refractivity contribution is 0.177. The highest BCUT2D eigenvalue weighted by Crippen LogP contribution is 2.38. The molecule has 21 heavy (non-hydrogen) atoms. The maximum atomic E-state index is 6.02. The van der Waals surface area contributed by atoms with Gasteiger partial charge in [-0.25, -0.2) is 4.98 Å². The maximum Gasteiger partial charge on any atom is 0.227 e. The van der Waals surface area contributed by atoms with Crippen LogP contribution in [0.15, 0.2) is 9.90 Å². The third-order valence-corrected chi connectivity index (χ3v) is 5.21. The van der Waals surface area contributed by atoms with E-state index in [0.29, 0.717) is 13.0 Å². The van der Waals surface area contributed by atoms with Gasteiger partial charge in [0, 0.05) is 11.8 Å². The highest BCUT2D eigenvalue weighted by molar-refractivity contribution is 7.09. The number of thiazole rings is 1. The minimum Gasteiger partial charge on any atom is -0.339 e. The van der Waals surface area contributed by atoms with Gasteiger partial charge in [0.25, 0.3) is 0 Å². The van der Waals surface area contributed by atoms with E-state index in [1.54, 1.807) is 11.3 Å². The highest BCUT2D eigenvalue weighted by atomic mass is 32.1. The lowest BCUT2D eigenvalue weighted by Gasteiger charge is -2.34. The quantitative estimate of drug-likeness (QED) is 0.919. The Morgan fingerprint density at radius 3 is 2.76 bits per heavy atom. The van der Waals surface area contributed by atoms with E-state index in [4.69, 9.17) is 10.3 Å². The average Bonchev–Trinajstić information content (AvgIpc) is 3.10. The number of hydrogen-bond acceptors (Lipinski definition) is 6. The maximum absolute atomic E-state index is 6.02. The molecular formula is C15H22N4OS. The zero-order chi connectivity index (χ0) is 14.7. The van der Waals surface area contributed by atoms with Gasteiger partial charge >= 0.3 is 0 Å². The van der Waals surface area contributed by atoms with Crippen molar-refractivity contribution in [2.75, 3.05) is 6.54 Å². The SMILES string of the molecule is Cc1nc(Cc2noc(CC3(CN)CCCCC3)n2)cs1. The van der Waals surface area contributed by atoms with Crippen LogP contribution in [0, 0.1) is 12.3 Å². The van der Waals surface area contributed by atoms with Crippen LogP contribution >= 0.6 is 11.3 Å². The van der Waals surface area contributed by atoms with Crippen molar-refractivity contribution in [3.63, 3.8) is 0 Å². The average molecular weight is 306 g/mol. The Labute approximate surface area is 129 Å². The Morgan fingerprint density at radius 2 is 2.10 bits per heavy atom. The predicted molar refractivity (Wildman–Crippen MR) is 82.2 cm³/mol. The van der Waals surface area contributed by atoms with Gasteiger partial charge in [0.05, 0.1) is 17.1 Å². The van der Waals surface area contributed by atoms with E-state index in [1.807, 2.05) is 12.3 Å². The second-order valence-electron chi connectivity index (χ2n) is 6.08. The van der Waals surface area contributed by atoms with Gasteiger partial charge < -0.3 is 10.3 Å². The van der Waals surface area contributed by atoms with Crippen molar-refractivity contribution in [2.24, 2.45) is 11.1 Å². The first kappa shape index (κ1) is 14.7. The number of rotatable bonds is 5. The molecule has 0 saturated heterocycles. The van der Waals surface area contributed by atoms with Crippen molar-refractivity contribution in [2.45, 2.75) is 51.9 Å². The third-order valence-electron chi connectivity index (χ3n) is 4.39. The minimum atomic E-state index is 0.166. The summed E-state index contributed by atoms with van der Waals surface area (Å²) in [6.07, 6.45) is 7.64. The first-order chi connectivity index (χ1) is 10.2. The van der Waals surface area contributed by atoms with E-state index in [9.17, 15) is 0 Å². The molecule has 0 spiro atoms. The molecule has 2 aromatic heterocycles. The minimum absolute atomic E-state index is 0.166. The molecule has 6 heteroatoms. The molecule has 1 saturated carbocycles. The zero-order valence-corrected chi connectivity index (χ0v) is 13.3. The van der Waals surface area contributed by atoms with Gasteiger partial charge in [-0.15, -0.1) is 11.3 Å². The zero-order valence-electron chi connectivity index (χ0n) is 12.5. The van der Waals surface area contributed by atoms with Crippen molar-refractivity contribution in [3.8, 4) is 0 Å². The van der Waals surface area contributed by atoms with Crippen LogP contribution in [0.25, 0.3) is 0 Å². The van der Waals surface area contributed by atoms with E-state index >= 15 is 0 Å². The van der Waals surface area contributed by atoms with Gasteiger partial charge in [0.2, 0.25) is 5.89 Å². The number of nitrogens with zero attached hydrogens (tertiary/aromatic N) is 3. The molecule has 0 unspecified atom stereocenters. The molecule has 1 fully saturated rings. The summed E-state index contributed by atoms with van der Waals surface area (Å²) in [5.74, 6) is 1.45. The van der Waals surface area contributed by atoms with E-state index in [0.717, 1.165) is 28.8 Å². The molecule has 0 bridgehead atoms. The number of hydrogen-bond donors (Lipinski definition) is 1. The molecule has 3 rings (SSSR count). The topological polar surface area (TPSA) is 77.8 Å². The van der Waals surface area contributed by atoms with Crippen molar-refractivity contribution < 1.29 is 4.52 Å². The Kier molecular flexibility index (Phi) is 4.35. The number of nitrogens with two attached hydrogens (primary N) is 1. The molecule has 2 aromatic rings. The molecule has 2 heterocycles. The second-order valence-corrected chi connectivity index (χ2v) is 7.14. The monoisotopic (exact) mass is 306 g/mol. The van der Waals surface area contributed by atoms with E-state index < -0.39 is 0 Å². The molecule has 0 radical (unpaired) electrons. The standard InChI is InChI=1S/C15H22N4OS/c1-11-17-12(9-21-11)7-13-18-14(20-19-13)8-15(10-16)5-3-2-4-6-15/h9H,2-8,10,16H2,1H3. The predicted octanol–water partition coefficient (Wildman–Crippen LogP) is 2.88. The molecule has 0 aliphatic heterocycles. The summed E-state index contributed by atoms with van der Waals surface area (Å²) in [4.78, 5) is 8.97. The molecule has 0 amide bonds. The fourth-order valence-corrected chi connectivity index (χ4v) is 3.77. The number of aryl methyl sites for hydroxylation is 1. The molecule has 1 aliphatic carbocycles. The lowest BCUT2D eigenvalue weighted by Crippen LogP contribution is -2.35. The van der Waals surface area contributed by atoms with Gasteiger partial charge in [-0.3, -0.25) is 0 Å². The van der Waals surface area contributed by atoms with E-state index in [1.165, 1.54) is 32.1 Å². The van der Waals surface area contributed by atoms with Gasteiger partial charge in [0.15, 0.2) is 5.82 Å². The largest absolute Gasteiger partial charge is 0.339 e. The van der Waals surface area contributed by atoms with Gasteiger partial charge in [-0.1, -0.05) is 24.4 Å². The van der Waals surface area contributed by atoms with Crippen LogP contribution in [0.4, 0.5) is 0 Å². The van der Waals surface area contributed by atoms with Crippen LogP contribution in [-0.2, 0) is 12.8 Å². The molecule has 2 N–H and O–H groups in total. The fraction of sp³-hybridized carbons (Fsp3) is 0.667. The van der Waals surface area contributed by atoms with Crippen LogP contribution in [0.2, 0.25) is 0 Å². The van der Waals surface area contributed by atoms with Crippen LogP contribution in [0.3, 0.4) is 0 Å². The second kappa shape index (κ2) is 6.23. The van der Waals surface area contributed by atoms with Gasteiger partial charge in [-0.2, -0.15) is 4.98 Å². The van der Waals surface area contributed by atoms with Crippen LogP contribution < -0.4 is 5.73 Å². The van der Waals surface area contributed by atoms with Gasteiger partial charge in [-0.05, 0) is 31.7 Å². The summed E-state index contributed by atoms with van der Waals surface area (Å²) < 4.78 is 5.43. The normalized spacial score (nSPS) is 18.0. The van der Waals surface area contributed by atoms with Crippen molar-refractivity contribution in [1.29, 1.82) is 0 Å². The van der Waals surface area contributed by atoms with Crippen LogP contribution in [0.5, 0.6) is 0 Å². The summed E-state index contributed by atoms with van der Waals surface area (Å²) in [6, 6.07) is 0. The molecule has 5 nitrogen and oxygen atoms in total. The van der Waals surface area contributed by atoms with E-state index in [-0.39, 0.29) is 5.41 Å². The molecule has 1 aliphatic rings. The summed E-state index contributed by atoms with van der Waals surface area (Å²) in [7, 11) is 0. The Morgan fingerprint density at radius 1 is 1.29 bits per heavy atom. The lowest BCUT2D eigenvalue weighted by atomic mass is 9.72. The van der Waals surface area contributed by atoms with Crippen LogP contribution in [-0.4, -0.2) is 21.7 Å². The molecule has 0 atom stereocenters. The Balaban J connectivity index is 1.66. The summed E-state index contributed by atoms with van der Waals surface area (Å²) in [5, 5.41) is 7.21.